The normalized spacial score (nSPS) is 13.9. The summed E-state index contributed by atoms with van der Waals surface area (Å²) in [5, 5.41) is 13.6. The van der Waals surface area contributed by atoms with Gasteiger partial charge >= 0.3 is 5.97 Å². The van der Waals surface area contributed by atoms with Gasteiger partial charge < -0.3 is 19.9 Å². The van der Waals surface area contributed by atoms with Crippen molar-refractivity contribution >= 4 is 61.7 Å². The molecule has 0 unspecified atom stereocenters. The first-order chi connectivity index (χ1) is 18.6. The van der Waals surface area contributed by atoms with Crippen LogP contribution in [-0.2, 0) is 14.8 Å². The van der Waals surface area contributed by atoms with Gasteiger partial charge in [0, 0.05) is 54.0 Å². The number of anilines is 1. The number of aromatic nitrogens is 2. The van der Waals surface area contributed by atoms with Gasteiger partial charge in [0.25, 0.3) is 15.9 Å². The van der Waals surface area contributed by atoms with Gasteiger partial charge in [0.15, 0.2) is 0 Å². The molecule has 1 aliphatic heterocycles. The molecule has 13 heteroatoms. The van der Waals surface area contributed by atoms with E-state index < -0.39 is 22.5 Å². The predicted molar refractivity (Wildman–Crippen MR) is 148 cm³/mol. The molecule has 5 rings (SSSR count). The first-order valence-corrected chi connectivity index (χ1v) is 14.1. The summed E-state index contributed by atoms with van der Waals surface area (Å²) >= 11 is 12.0. The number of fused-ring (bicyclic) bond motifs is 1. The van der Waals surface area contributed by atoms with E-state index in [1.807, 2.05) is 0 Å². The molecule has 0 bridgehead atoms. The summed E-state index contributed by atoms with van der Waals surface area (Å²) < 4.78 is 29.5. The molecule has 2 aromatic carbocycles. The Kier molecular flexibility index (Phi) is 7.50. The number of rotatable bonds is 7. The van der Waals surface area contributed by atoms with Crippen molar-refractivity contribution in [2.24, 2.45) is 0 Å². The number of sulfonamides is 1. The number of hydrogen-bond acceptors (Lipinski definition) is 6. The lowest BCUT2D eigenvalue weighted by molar-refractivity contribution is -0.135. The van der Waals surface area contributed by atoms with Crippen LogP contribution in [0.25, 0.3) is 16.7 Å². The summed E-state index contributed by atoms with van der Waals surface area (Å²) in [7, 11) is -4.31. The lowest BCUT2D eigenvalue weighted by Crippen LogP contribution is -2.46. The standard InChI is InChI=1S/C26H23Cl2N5O5S/c27-19-12-20(28)14-22(13-19)39(37,38)33(16-25(34)35)21-2-3-23-17(11-21)5-8-32(23)24-4-1-18(15-30-24)26(36)31-9-6-29-7-10-31/h1-5,8,11-15,29H,6-7,9-10,16H2,(H,34,35). The summed E-state index contributed by atoms with van der Waals surface area (Å²) in [6.45, 7) is 2.00. The number of hydrogen-bond donors (Lipinski definition) is 2. The van der Waals surface area contributed by atoms with Crippen molar-refractivity contribution in [1.82, 2.24) is 19.8 Å². The smallest absolute Gasteiger partial charge is 0.324 e. The first kappa shape index (κ1) is 26.9. The van der Waals surface area contributed by atoms with Crippen LogP contribution < -0.4 is 9.62 Å². The van der Waals surface area contributed by atoms with Crippen LogP contribution in [0.3, 0.4) is 0 Å². The molecular formula is C26H23Cl2N5O5S. The summed E-state index contributed by atoms with van der Waals surface area (Å²) in [5.41, 5.74) is 1.37. The number of halogens is 2. The van der Waals surface area contributed by atoms with Gasteiger partial charge in [-0.05, 0) is 54.6 Å². The van der Waals surface area contributed by atoms with Crippen LogP contribution in [0.15, 0.2) is 71.9 Å². The number of carbonyl (C=O) groups is 2. The zero-order valence-corrected chi connectivity index (χ0v) is 22.7. The highest BCUT2D eigenvalue weighted by Crippen LogP contribution is 2.31. The number of aliphatic carboxylic acids is 1. The minimum atomic E-state index is -4.31. The van der Waals surface area contributed by atoms with Crippen molar-refractivity contribution in [3.8, 4) is 5.82 Å². The number of nitrogens with zero attached hydrogens (tertiary/aromatic N) is 4. The fourth-order valence-corrected chi connectivity index (χ4v) is 6.57. The zero-order chi connectivity index (χ0) is 27.7. The van der Waals surface area contributed by atoms with Crippen molar-refractivity contribution in [3.05, 3.63) is 82.6 Å². The first-order valence-electron chi connectivity index (χ1n) is 11.9. The van der Waals surface area contributed by atoms with E-state index in [-0.39, 0.29) is 26.5 Å². The third-order valence-electron chi connectivity index (χ3n) is 6.31. The monoisotopic (exact) mass is 587 g/mol. The summed E-state index contributed by atoms with van der Waals surface area (Å²) in [6.07, 6.45) is 3.30. The number of carbonyl (C=O) groups excluding carboxylic acids is 1. The number of pyridine rings is 1. The van der Waals surface area contributed by atoms with Gasteiger partial charge in [-0.3, -0.25) is 13.9 Å². The van der Waals surface area contributed by atoms with Crippen molar-refractivity contribution < 1.29 is 23.1 Å². The molecule has 0 atom stereocenters. The third-order valence-corrected chi connectivity index (χ3v) is 8.50. The topological polar surface area (TPSA) is 125 Å². The molecule has 0 saturated carbocycles. The van der Waals surface area contributed by atoms with Crippen LogP contribution in [0.2, 0.25) is 10.0 Å². The van der Waals surface area contributed by atoms with Crippen LogP contribution in [0.4, 0.5) is 5.69 Å². The number of amides is 1. The van der Waals surface area contributed by atoms with Crippen LogP contribution in [-0.4, -0.2) is 72.6 Å². The fourth-order valence-electron chi connectivity index (χ4n) is 4.43. The van der Waals surface area contributed by atoms with Gasteiger partial charge in [0.1, 0.15) is 12.4 Å². The van der Waals surface area contributed by atoms with E-state index in [9.17, 15) is 23.1 Å². The van der Waals surface area contributed by atoms with Crippen LogP contribution >= 0.6 is 23.2 Å². The van der Waals surface area contributed by atoms with E-state index in [0.29, 0.717) is 35.4 Å². The van der Waals surface area contributed by atoms with Crippen molar-refractivity contribution in [2.75, 3.05) is 37.0 Å². The average Bonchev–Trinajstić information content (AvgIpc) is 3.34. The van der Waals surface area contributed by atoms with Gasteiger partial charge in [0.2, 0.25) is 0 Å². The molecule has 0 spiro atoms. The summed E-state index contributed by atoms with van der Waals surface area (Å²) in [4.78, 5) is 30.4. The average molecular weight is 588 g/mol. The van der Waals surface area contributed by atoms with E-state index in [4.69, 9.17) is 23.2 Å². The molecule has 1 amide bonds. The highest BCUT2D eigenvalue weighted by Gasteiger charge is 2.28. The predicted octanol–water partition coefficient (Wildman–Crippen LogP) is 3.66. The van der Waals surface area contributed by atoms with Crippen molar-refractivity contribution in [3.63, 3.8) is 0 Å². The Hall–Kier alpha value is -3.64. The maximum Gasteiger partial charge on any atom is 0.324 e. The molecule has 1 aliphatic rings. The Morgan fingerprint density at radius 1 is 1.00 bits per heavy atom. The van der Waals surface area contributed by atoms with E-state index in [2.05, 4.69) is 10.3 Å². The largest absolute Gasteiger partial charge is 0.480 e. The summed E-state index contributed by atoms with van der Waals surface area (Å²) in [6, 6.07) is 13.8. The second-order valence-electron chi connectivity index (χ2n) is 8.89. The molecule has 10 nitrogen and oxygen atoms in total. The minimum Gasteiger partial charge on any atom is -0.480 e. The second-order valence-corrected chi connectivity index (χ2v) is 11.6. The molecule has 2 N–H and O–H groups in total. The van der Waals surface area contributed by atoms with Crippen LogP contribution in [0.1, 0.15) is 10.4 Å². The molecule has 0 aliphatic carbocycles. The van der Waals surface area contributed by atoms with Gasteiger partial charge in [0.05, 0.1) is 21.7 Å². The Morgan fingerprint density at radius 2 is 1.72 bits per heavy atom. The zero-order valence-electron chi connectivity index (χ0n) is 20.4. The Bertz CT molecular complexity index is 1650. The van der Waals surface area contributed by atoms with Crippen molar-refractivity contribution in [1.29, 1.82) is 0 Å². The Labute approximate surface area is 234 Å². The van der Waals surface area contributed by atoms with Gasteiger partial charge in [-0.15, -0.1) is 0 Å². The maximum atomic E-state index is 13.4. The molecule has 1 fully saturated rings. The molecule has 4 aromatic rings. The minimum absolute atomic E-state index is 0.0710. The van der Waals surface area contributed by atoms with Crippen molar-refractivity contribution in [2.45, 2.75) is 4.90 Å². The lowest BCUT2D eigenvalue weighted by Gasteiger charge is -2.27. The molecular weight excluding hydrogens is 565 g/mol. The third kappa shape index (κ3) is 5.57. The molecule has 3 heterocycles. The number of carboxylic acid groups (broad SMARTS) is 1. The molecule has 2 aromatic heterocycles. The van der Waals surface area contributed by atoms with Gasteiger partial charge in [-0.2, -0.15) is 0 Å². The van der Waals surface area contributed by atoms with E-state index in [1.165, 1.54) is 30.5 Å². The Morgan fingerprint density at radius 3 is 2.36 bits per heavy atom. The fraction of sp³-hybridized carbons (Fsp3) is 0.192. The van der Waals surface area contributed by atoms with E-state index >= 15 is 0 Å². The highest BCUT2D eigenvalue weighted by atomic mass is 35.5. The molecule has 1 saturated heterocycles. The number of carboxylic acids is 1. The number of piperazine rings is 1. The molecule has 39 heavy (non-hydrogen) atoms. The van der Waals surface area contributed by atoms with E-state index in [0.717, 1.165) is 17.4 Å². The number of benzene rings is 2. The second kappa shape index (κ2) is 10.9. The quantitative estimate of drug-likeness (QED) is 0.338. The van der Waals surface area contributed by atoms with E-state index in [1.54, 1.807) is 46.0 Å². The molecule has 202 valence electrons. The van der Waals surface area contributed by atoms with Gasteiger partial charge in [-0.1, -0.05) is 23.2 Å². The highest BCUT2D eigenvalue weighted by molar-refractivity contribution is 7.92. The van der Waals surface area contributed by atoms with Gasteiger partial charge in [-0.25, -0.2) is 13.4 Å². The molecule has 0 radical (unpaired) electrons. The summed E-state index contributed by atoms with van der Waals surface area (Å²) in [5.74, 6) is -0.833. The van der Waals surface area contributed by atoms with Crippen LogP contribution in [0.5, 0.6) is 0 Å². The Balaban J connectivity index is 1.46. The van der Waals surface area contributed by atoms with Crippen LogP contribution in [0, 0.1) is 0 Å². The SMILES string of the molecule is O=C(O)CN(c1ccc2c(ccn2-c2ccc(C(=O)N3CCNCC3)cn2)c1)S(=O)(=O)c1cc(Cl)cc(Cl)c1. The maximum absolute atomic E-state index is 13.4. The lowest BCUT2D eigenvalue weighted by atomic mass is 10.2. The number of nitrogens with one attached hydrogen (secondary N) is 1.